The van der Waals surface area contributed by atoms with Crippen molar-refractivity contribution in [3.63, 3.8) is 0 Å². The highest BCUT2D eigenvalue weighted by Gasteiger charge is 2.13. The van der Waals surface area contributed by atoms with Crippen LogP contribution in [-0.4, -0.2) is 13.1 Å². The van der Waals surface area contributed by atoms with Gasteiger partial charge in [-0.05, 0) is 18.8 Å². The summed E-state index contributed by atoms with van der Waals surface area (Å²) >= 11 is 0. The van der Waals surface area contributed by atoms with Crippen molar-refractivity contribution in [2.75, 3.05) is 7.11 Å². The molecule has 0 spiro atoms. The standard InChI is InChI=1S/C18H36O2/c1-4-6-8-10-11-13-15-17(16-18(19)20-3)14-12-9-7-5-2/h17H,4-16H2,1-3H3. The van der Waals surface area contributed by atoms with Crippen LogP contribution in [0.4, 0.5) is 0 Å². The first-order chi connectivity index (χ1) is 9.74. The van der Waals surface area contributed by atoms with Crippen molar-refractivity contribution < 1.29 is 9.53 Å². The van der Waals surface area contributed by atoms with Crippen molar-refractivity contribution in [2.24, 2.45) is 5.92 Å². The minimum Gasteiger partial charge on any atom is -0.469 e. The van der Waals surface area contributed by atoms with Crippen LogP contribution in [0.1, 0.15) is 97.3 Å². The zero-order chi connectivity index (χ0) is 15.1. The van der Waals surface area contributed by atoms with Crippen molar-refractivity contribution in [1.82, 2.24) is 0 Å². The molecule has 0 heterocycles. The summed E-state index contributed by atoms with van der Waals surface area (Å²) in [6.07, 6.45) is 16.2. The minimum atomic E-state index is -0.0310. The Morgan fingerprint density at radius 2 is 1.25 bits per heavy atom. The number of rotatable bonds is 14. The van der Waals surface area contributed by atoms with E-state index in [0.717, 1.165) is 0 Å². The van der Waals surface area contributed by atoms with Crippen LogP contribution in [0, 0.1) is 5.92 Å². The van der Waals surface area contributed by atoms with Gasteiger partial charge in [-0.2, -0.15) is 0 Å². The fourth-order valence-corrected chi connectivity index (χ4v) is 2.74. The third-order valence-corrected chi connectivity index (χ3v) is 4.11. The molecular formula is C18H36O2. The van der Waals surface area contributed by atoms with E-state index >= 15 is 0 Å². The lowest BCUT2D eigenvalue weighted by Gasteiger charge is -2.15. The SMILES string of the molecule is CCCCCCCCC(CCCCCC)CC(=O)OC. The van der Waals surface area contributed by atoms with E-state index in [1.165, 1.54) is 84.2 Å². The number of hydrogen-bond donors (Lipinski definition) is 0. The topological polar surface area (TPSA) is 26.3 Å². The summed E-state index contributed by atoms with van der Waals surface area (Å²) in [6, 6.07) is 0. The summed E-state index contributed by atoms with van der Waals surface area (Å²) < 4.78 is 4.83. The smallest absolute Gasteiger partial charge is 0.305 e. The van der Waals surface area contributed by atoms with Crippen molar-refractivity contribution in [2.45, 2.75) is 97.3 Å². The predicted octanol–water partition coefficient (Wildman–Crippen LogP) is 5.89. The van der Waals surface area contributed by atoms with Gasteiger partial charge in [0, 0.05) is 6.42 Å². The molecule has 0 saturated carbocycles. The summed E-state index contributed by atoms with van der Waals surface area (Å²) in [6.45, 7) is 4.49. The van der Waals surface area contributed by atoms with Gasteiger partial charge in [0.05, 0.1) is 7.11 Å². The number of carbonyl (C=O) groups is 1. The van der Waals surface area contributed by atoms with E-state index in [9.17, 15) is 4.79 Å². The maximum Gasteiger partial charge on any atom is 0.305 e. The van der Waals surface area contributed by atoms with E-state index in [-0.39, 0.29) is 5.97 Å². The Bertz CT molecular complexity index is 213. The van der Waals surface area contributed by atoms with Crippen molar-refractivity contribution >= 4 is 5.97 Å². The van der Waals surface area contributed by atoms with Gasteiger partial charge >= 0.3 is 5.97 Å². The Labute approximate surface area is 126 Å². The molecule has 2 nitrogen and oxygen atoms in total. The molecule has 1 atom stereocenters. The second kappa shape index (κ2) is 14.9. The Morgan fingerprint density at radius 3 is 1.75 bits per heavy atom. The summed E-state index contributed by atoms with van der Waals surface area (Å²) in [5, 5.41) is 0. The summed E-state index contributed by atoms with van der Waals surface area (Å²) in [5.74, 6) is 0.516. The van der Waals surface area contributed by atoms with E-state index in [4.69, 9.17) is 4.74 Å². The van der Waals surface area contributed by atoms with Crippen molar-refractivity contribution in [3.8, 4) is 0 Å². The van der Waals surface area contributed by atoms with Gasteiger partial charge in [-0.3, -0.25) is 4.79 Å². The third kappa shape index (κ3) is 12.5. The van der Waals surface area contributed by atoms with Gasteiger partial charge in [-0.25, -0.2) is 0 Å². The first-order valence-electron chi connectivity index (χ1n) is 8.81. The Kier molecular flexibility index (Phi) is 14.5. The van der Waals surface area contributed by atoms with Crippen LogP contribution < -0.4 is 0 Å². The van der Waals surface area contributed by atoms with E-state index in [2.05, 4.69) is 13.8 Å². The van der Waals surface area contributed by atoms with Gasteiger partial charge in [0.15, 0.2) is 0 Å². The van der Waals surface area contributed by atoms with Gasteiger partial charge < -0.3 is 4.74 Å². The van der Waals surface area contributed by atoms with E-state index < -0.39 is 0 Å². The molecule has 0 aromatic heterocycles. The zero-order valence-corrected chi connectivity index (χ0v) is 14.1. The number of methoxy groups -OCH3 is 1. The third-order valence-electron chi connectivity index (χ3n) is 4.11. The minimum absolute atomic E-state index is 0.0310. The quantitative estimate of drug-likeness (QED) is 0.294. The molecule has 2 heteroatoms. The Balaban J connectivity index is 3.77. The molecule has 0 aliphatic carbocycles. The van der Waals surface area contributed by atoms with Gasteiger partial charge in [0.2, 0.25) is 0 Å². The second-order valence-corrected chi connectivity index (χ2v) is 6.05. The monoisotopic (exact) mass is 284 g/mol. The lowest BCUT2D eigenvalue weighted by Crippen LogP contribution is -2.10. The van der Waals surface area contributed by atoms with Gasteiger partial charge in [0.25, 0.3) is 0 Å². The van der Waals surface area contributed by atoms with Crippen LogP contribution in [0.25, 0.3) is 0 Å². The van der Waals surface area contributed by atoms with Crippen molar-refractivity contribution in [1.29, 1.82) is 0 Å². The molecule has 20 heavy (non-hydrogen) atoms. The highest BCUT2D eigenvalue weighted by Crippen LogP contribution is 2.22. The van der Waals surface area contributed by atoms with E-state index in [1.807, 2.05) is 0 Å². The lowest BCUT2D eigenvalue weighted by atomic mass is 9.91. The average molecular weight is 284 g/mol. The normalized spacial score (nSPS) is 12.3. The molecule has 0 aliphatic heterocycles. The first kappa shape index (κ1) is 19.5. The van der Waals surface area contributed by atoms with Crippen LogP contribution >= 0.6 is 0 Å². The Hall–Kier alpha value is -0.530. The number of hydrogen-bond acceptors (Lipinski definition) is 2. The fraction of sp³-hybridized carbons (Fsp3) is 0.944. The largest absolute Gasteiger partial charge is 0.469 e. The molecule has 0 bridgehead atoms. The number of ether oxygens (including phenoxy) is 1. The number of carbonyl (C=O) groups excluding carboxylic acids is 1. The van der Waals surface area contributed by atoms with Crippen LogP contribution in [0.2, 0.25) is 0 Å². The summed E-state index contributed by atoms with van der Waals surface area (Å²) in [7, 11) is 1.50. The number of esters is 1. The molecule has 120 valence electrons. The second-order valence-electron chi connectivity index (χ2n) is 6.05. The molecule has 0 amide bonds. The molecule has 0 aromatic rings. The van der Waals surface area contributed by atoms with E-state index in [0.29, 0.717) is 12.3 Å². The fourth-order valence-electron chi connectivity index (χ4n) is 2.74. The molecule has 0 rings (SSSR count). The summed E-state index contributed by atoms with van der Waals surface area (Å²) in [4.78, 5) is 11.5. The molecule has 0 radical (unpaired) electrons. The average Bonchev–Trinajstić information content (AvgIpc) is 2.46. The summed E-state index contributed by atoms with van der Waals surface area (Å²) in [5.41, 5.74) is 0. The molecular weight excluding hydrogens is 248 g/mol. The van der Waals surface area contributed by atoms with Crippen LogP contribution in [0.15, 0.2) is 0 Å². The highest BCUT2D eigenvalue weighted by molar-refractivity contribution is 5.69. The highest BCUT2D eigenvalue weighted by atomic mass is 16.5. The Morgan fingerprint density at radius 1 is 0.800 bits per heavy atom. The molecule has 1 unspecified atom stereocenters. The van der Waals surface area contributed by atoms with Crippen LogP contribution in [0.3, 0.4) is 0 Å². The van der Waals surface area contributed by atoms with E-state index in [1.54, 1.807) is 0 Å². The number of unbranched alkanes of at least 4 members (excludes halogenated alkanes) is 8. The maximum absolute atomic E-state index is 11.5. The van der Waals surface area contributed by atoms with Crippen LogP contribution in [-0.2, 0) is 9.53 Å². The molecule has 0 aliphatic rings. The maximum atomic E-state index is 11.5. The zero-order valence-electron chi connectivity index (χ0n) is 14.1. The lowest BCUT2D eigenvalue weighted by molar-refractivity contribution is -0.141. The van der Waals surface area contributed by atoms with Gasteiger partial charge in [-0.1, -0.05) is 78.1 Å². The molecule has 0 aromatic carbocycles. The molecule has 0 N–H and O–H groups in total. The first-order valence-corrected chi connectivity index (χ1v) is 8.81. The van der Waals surface area contributed by atoms with Gasteiger partial charge in [-0.15, -0.1) is 0 Å². The molecule has 0 saturated heterocycles. The van der Waals surface area contributed by atoms with Crippen LogP contribution in [0.5, 0.6) is 0 Å². The van der Waals surface area contributed by atoms with Gasteiger partial charge in [0.1, 0.15) is 0 Å². The predicted molar refractivity (Wildman–Crippen MR) is 86.9 cm³/mol. The molecule has 0 fully saturated rings. The van der Waals surface area contributed by atoms with Crippen molar-refractivity contribution in [3.05, 3.63) is 0 Å².